The van der Waals surface area contributed by atoms with Crippen LogP contribution in [0.2, 0.25) is 0 Å². The fraction of sp³-hybridized carbons (Fsp3) is 0.500. The minimum Gasteiger partial charge on any atom is -0.272 e. The van der Waals surface area contributed by atoms with Crippen LogP contribution >= 0.6 is 11.3 Å². The van der Waals surface area contributed by atoms with E-state index in [0.29, 0.717) is 5.69 Å². The van der Waals surface area contributed by atoms with Crippen molar-refractivity contribution in [1.82, 2.24) is 10.5 Å². The van der Waals surface area contributed by atoms with Gasteiger partial charge in [0, 0.05) is 5.38 Å². The monoisotopic (exact) mass is 254 g/mol. The van der Waals surface area contributed by atoms with E-state index in [0.717, 1.165) is 5.01 Å². The molecule has 16 heavy (non-hydrogen) atoms. The summed E-state index contributed by atoms with van der Waals surface area (Å²) in [4.78, 5) is 19.0. The predicted molar refractivity (Wildman–Crippen MR) is 50.7 cm³/mol. The molecule has 8 heteroatoms. The lowest BCUT2D eigenvalue weighted by molar-refractivity contribution is -0.191. The highest BCUT2D eigenvalue weighted by atomic mass is 32.1. The van der Waals surface area contributed by atoms with Crippen LogP contribution in [0.3, 0.4) is 0 Å². The average molecular weight is 254 g/mol. The Morgan fingerprint density at radius 3 is 2.81 bits per heavy atom. The van der Waals surface area contributed by atoms with Gasteiger partial charge in [-0.05, 0) is 6.92 Å². The maximum Gasteiger partial charge on any atom is 0.414 e. The Hall–Kier alpha value is -1.15. The Kier molecular flexibility index (Phi) is 4.25. The molecule has 0 saturated heterocycles. The molecule has 0 aromatic carbocycles. The maximum absolute atomic E-state index is 11.6. The van der Waals surface area contributed by atoms with Crippen LogP contribution in [0.1, 0.15) is 10.7 Å². The summed E-state index contributed by atoms with van der Waals surface area (Å²) in [5, 5.41) is 2.46. The number of halogens is 3. The van der Waals surface area contributed by atoms with Crippen molar-refractivity contribution in [3.05, 3.63) is 16.1 Å². The van der Waals surface area contributed by atoms with Crippen molar-refractivity contribution in [3.63, 3.8) is 0 Å². The molecule has 0 bridgehead atoms. The highest BCUT2D eigenvalue weighted by Crippen LogP contribution is 2.13. The van der Waals surface area contributed by atoms with Crippen molar-refractivity contribution < 1.29 is 22.8 Å². The van der Waals surface area contributed by atoms with E-state index in [1.54, 1.807) is 17.8 Å². The quantitative estimate of drug-likeness (QED) is 0.830. The zero-order valence-electron chi connectivity index (χ0n) is 8.30. The van der Waals surface area contributed by atoms with Gasteiger partial charge in [-0.1, -0.05) is 0 Å². The molecule has 0 radical (unpaired) electrons. The van der Waals surface area contributed by atoms with Crippen molar-refractivity contribution in [2.45, 2.75) is 19.5 Å². The van der Waals surface area contributed by atoms with Gasteiger partial charge in [0.15, 0.2) is 6.61 Å². The van der Waals surface area contributed by atoms with Gasteiger partial charge in [-0.3, -0.25) is 9.63 Å². The van der Waals surface area contributed by atoms with Crippen molar-refractivity contribution in [3.8, 4) is 0 Å². The van der Waals surface area contributed by atoms with Crippen LogP contribution in [0.15, 0.2) is 5.38 Å². The van der Waals surface area contributed by atoms with E-state index in [9.17, 15) is 18.0 Å². The smallest absolute Gasteiger partial charge is 0.272 e. The predicted octanol–water partition coefficient (Wildman–Crippen LogP) is 1.60. The number of hydrogen-bond acceptors (Lipinski definition) is 4. The molecule has 0 aliphatic heterocycles. The van der Waals surface area contributed by atoms with Gasteiger partial charge in [0.25, 0.3) is 0 Å². The summed E-state index contributed by atoms with van der Waals surface area (Å²) in [6, 6.07) is 0. The Bertz CT molecular complexity index is 364. The van der Waals surface area contributed by atoms with E-state index in [1.165, 1.54) is 11.3 Å². The zero-order valence-corrected chi connectivity index (χ0v) is 9.11. The average Bonchev–Trinajstić information content (AvgIpc) is 2.48. The summed E-state index contributed by atoms with van der Waals surface area (Å²) in [6.07, 6.45) is -4.55. The summed E-state index contributed by atoms with van der Waals surface area (Å²) in [7, 11) is 0. The van der Waals surface area contributed by atoms with Gasteiger partial charge in [-0.2, -0.15) is 13.2 Å². The third-order valence-electron chi connectivity index (χ3n) is 1.43. The molecule has 0 unspecified atom stereocenters. The number of hydroxylamine groups is 1. The third kappa shape index (κ3) is 5.08. The molecule has 0 atom stereocenters. The minimum atomic E-state index is -4.45. The Morgan fingerprint density at radius 2 is 2.31 bits per heavy atom. The number of aryl methyl sites for hydroxylation is 1. The molecule has 0 aliphatic carbocycles. The van der Waals surface area contributed by atoms with Crippen molar-refractivity contribution in [2.75, 3.05) is 6.61 Å². The number of alkyl halides is 3. The first-order chi connectivity index (χ1) is 7.37. The molecule has 1 rings (SSSR count). The molecule has 0 fully saturated rings. The molecule has 1 aromatic rings. The van der Waals surface area contributed by atoms with Gasteiger partial charge < -0.3 is 0 Å². The van der Waals surface area contributed by atoms with Crippen LogP contribution in [0.25, 0.3) is 0 Å². The minimum absolute atomic E-state index is 0.0950. The lowest BCUT2D eigenvalue weighted by Crippen LogP contribution is -2.30. The summed E-state index contributed by atoms with van der Waals surface area (Å²) in [5.74, 6) is -0.658. The van der Waals surface area contributed by atoms with Crippen LogP contribution in [-0.2, 0) is 16.1 Å². The Balaban J connectivity index is 2.26. The first kappa shape index (κ1) is 12.9. The molecule has 0 saturated carbocycles. The van der Waals surface area contributed by atoms with E-state index in [-0.39, 0.29) is 6.42 Å². The summed E-state index contributed by atoms with van der Waals surface area (Å²) >= 11 is 1.36. The van der Waals surface area contributed by atoms with Crippen LogP contribution in [-0.4, -0.2) is 23.7 Å². The van der Waals surface area contributed by atoms with Crippen LogP contribution in [0.5, 0.6) is 0 Å². The van der Waals surface area contributed by atoms with Gasteiger partial charge in [0.1, 0.15) is 0 Å². The molecular weight excluding hydrogens is 245 g/mol. The molecule has 4 nitrogen and oxygen atoms in total. The van der Waals surface area contributed by atoms with Crippen LogP contribution in [0.4, 0.5) is 13.2 Å². The highest BCUT2D eigenvalue weighted by Gasteiger charge is 2.28. The number of amides is 1. The van der Waals surface area contributed by atoms with Gasteiger partial charge in [0.05, 0.1) is 17.1 Å². The molecule has 1 N–H and O–H groups in total. The SMILES string of the molecule is Cc1nc(CC(=O)NOCC(F)(F)F)cs1. The number of aromatic nitrogens is 1. The standard InChI is InChI=1S/C8H9F3N2O2S/c1-5-12-6(3-16-5)2-7(14)13-15-4-8(9,10)11/h3H,2,4H2,1H3,(H,13,14). The number of nitrogens with zero attached hydrogens (tertiary/aromatic N) is 1. The molecule has 0 spiro atoms. The zero-order chi connectivity index (χ0) is 12.2. The molecule has 1 amide bonds. The van der Waals surface area contributed by atoms with Gasteiger partial charge in [-0.25, -0.2) is 10.5 Å². The number of rotatable bonds is 4. The largest absolute Gasteiger partial charge is 0.414 e. The second-order valence-corrected chi connectivity index (χ2v) is 4.03. The maximum atomic E-state index is 11.6. The number of carbonyl (C=O) groups is 1. The van der Waals surface area contributed by atoms with E-state index < -0.39 is 18.7 Å². The Labute approximate surface area is 93.4 Å². The molecule has 1 heterocycles. The summed E-state index contributed by atoms with van der Waals surface area (Å²) in [5.41, 5.74) is 2.21. The summed E-state index contributed by atoms with van der Waals surface area (Å²) in [6.45, 7) is 0.265. The van der Waals surface area contributed by atoms with Gasteiger partial charge >= 0.3 is 6.18 Å². The topological polar surface area (TPSA) is 51.2 Å². The lowest BCUT2D eigenvalue weighted by atomic mass is 10.3. The number of thiazole rings is 1. The van der Waals surface area contributed by atoms with E-state index >= 15 is 0 Å². The number of nitrogens with one attached hydrogen (secondary N) is 1. The van der Waals surface area contributed by atoms with Crippen molar-refractivity contribution >= 4 is 17.2 Å². The second kappa shape index (κ2) is 5.26. The van der Waals surface area contributed by atoms with Crippen molar-refractivity contribution in [2.24, 2.45) is 0 Å². The normalized spacial score (nSPS) is 11.5. The molecular formula is C8H9F3N2O2S. The first-order valence-corrected chi connectivity index (χ1v) is 5.13. The third-order valence-corrected chi connectivity index (χ3v) is 2.25. The van der Waals surface area contributed by atoms with E-state index in [4.69, 9.17) is 0 Å². The summed E-state index contributed by atoms with van der Waals surface area (Å²) < 4.78 is 34.9. The Morgan fingerprint density at radius 1 is 1.62 bits per heavy atom. The van der Waals surface area contributed by atoms with Gasteiger partial charge in [0.2, 0.25) is 5.91 Å². The highest BCUT2D eigenvalue weighted by molar-refractivity contribution is 7.09. The fourth-order valence-corrected chi connectivity index (χ4v) is 1.50. The first-order valence-electron chi connectivity index (χ1n) is 4.25. The van der Waals surface area contributed by atoms with Crippen LogP contribution in [0, 0.1) is 6.92 Å². The molecule has 90 valence electrons. The van der Waals surface area contributed by atoms with Gasteiger partial charge in [-0.15, -0.1) is 11.3 Å². The number of carbonyl (C=O) groups excluding carboxylic acids is 1. The lowest BCUT2D eigenvalue weighted by Gasteiger charge is -2.07. The molecule has 0 aliphatic rings. The molecule has 1 aromatic heterocycles. The van der Waals surface area contributed by atoms with Crippen molar-refractivity contribution in [1.29, 1.82) is 0 Å². The fourth-order valence-electron chi connectivity index (χ4n) is 0.888. The van der Waals surface area contributed by atoms with E-state index in [2.05, 4.69) is 9.82 Å². The second-order valence-electron chi connectivity index (χ2n) is 2.96. The van der Waals surface area contributed by atoms with Crippen LogP contribution < -0.4 is 5.48 Å². The number of hydrogen-bond donors (Lipinski definition) is 1. The van der Waals surface area contributed by atoms with E-state index in [1.807, 2.05) is 0 Å².